The Bertz CT molecular complexity index is 1200. The summed E-state index contributed by atoms with van der Waals surface area (Å²) in [5, 5.41) is 5.21. The third-order valence-electron chi connectivity index (χ3n) is 4.77. The van der Waals surface area contributed by atoms with Gasteiger partial charge in [0.05, 0.1) is 4.90 Å². The van der Waals surface area contributed by atoms with E-state index in [1.54, 1.807) is 12.1 Å². The molecule has 0 spiro atoms. The van der Waals surface area contributed by atoms with Crippen LogP contribution in [0.2, 0.25) is 0 Å². The summed E-state index contributed by atoms with van der Waals surface area (Å²) >= 11 is 0. The largest absolute Gasteiger partial charge is 0.440 e. The van der Waals surface area contributed by atoms with Gasteiger partial charge in [-0.1, -0.05) is 30.3 Å². The lowest BCUT2D eigenvalue weighted by molar-refractivity contribution is 0.443. The summed E-state index contributed by atoms with van der Waals surface area (Å²) in [6.45, 7) is 2.10. The van der Waals surface area contributed by atoms with Crippen LogP contribution in [-0.2, 0) is 16.4 Å². The van der Waals surface area contributed by atoms with Crippen molar-refractivity contribution in [2.45, 2.75) is 24.3 Å². The first-order valence-corrected chi connectivity index (χ1v) is 10.8. The number of nitrogens with zero attached hydrogens (tertiary/aromatic N) is 2. The van der Waals surface area contributed by atoms with Gasteiger partial charge < -0.3 is 8.98 Å². The first-order valence-electron chi connectivity index (χ1n) is 9.22. The molecule has 2 aromatic heterocycles. The van der Waals surface area contributed by atoms with Crippen LogP contribution >= 0.6 is 0 Å². The van der Waals surface area contributed by atoms with Gasteiger partial charge in [-0.3, -0.25) is 0 Å². The molecule has 148 valence electrons. The number of aromatic nitrogens is 2. The van der Waals surface area contributed by atoms with Crippen molar-refractivity contribution in [3.8, 4) is 22.6 Å². The fraction of sp³-hybridized carbons (Fsp3) is 0.136. The minimum absolute atomic E-state index is 0.0588. The zero-order valence-corrected chi connectivity index (χ0v) is 16.7. The highest BCUT2D eigenvalue weighted by molar-refractivity contribution is 7.89. The van der Waals surface area contributed by atoms with Crippen molar-refractivity contribution in [3.63, 3.8) is 0 Å². The topological polar surface area (TPSA) is 91.1 Å². The molecule has 2 N–H and O–H groups in total. The molecule has 0 saturated carbocycles. The van der Waals surface area contributed by atoms with Gasteiger partial charge in [0.25, 0.3) is 0 Å². The molecular formula is C22H21N3O3S. The Balaban J connectivity index is 1.74. The second-order valence-electron chi connectivity index (χ2n) is 6.90. The Labute approximate surface area is 169 Å². The fourth-order valence-electron chi connectivity index (χ4n) is 3.23. The zero-order valence-electron chi connectivity index (χ0n) is 15.9. The van der Waals surface area contributed by atoms with Crippen LogP contribution in [0.5, 0.6) is 0 Å². The molecule has 0 aliphatic rings. The van der Waals surface area contributed by atoms with Gasteiger partial charge in [0, 0.05) is 36.0 Å². The Hall–Kier alpha value is -3.16. The monoisotopic (exact) mass is 407 g/mol. The first kappa shape index (κ1) is 19.2. The maximum absolute atomic E-state index is 11.5. The average molecular weight is 407 g/mol. The molecule has 4 rings (SSSR count). The van der Waals surface area contributed by atoms with Gasteiger partial charge >= 0.3 is 0 Å². The van der Waals surface area contributed by atoms with Crippen LogP contribution in [0.15, 0.2) is 88.4 Å². The van der Waals surface area contributed by atoms with Gasteiger partial charge in [-0.15, -0.1) is 0 Å². The highest BCUT2D eigenvalue weighted by Gasteiger charge is 2.19. The molecule has 0 radical (unpaired) electrons. The minimum atomic E-state index is -3.75. The van der Waals surface area contributed by atoms with Crippen molar-refractivity contribution < 1.29 is 12.8 Å². The normalized spacial score (nSPS) is 12.8. The van der Waals surface area contributed by atoms with E-state index in [0.717, 1.165) is 16.8 Å². The number of sulfonamides is 1. The van der Waals surface area contributed by atoms with Crippen molar-refractivity contribution in [2.75, 3.05) is 0 Å². The predicted molar refractivity (Wildman–Crippen MR) is 112 cm³/mol. The van der Waals surface area contributed by atoms with Crippen LogP contribution in [0.1, 0.15) is 18.9 Å². The van der Waals surface area contributed by atoms with E-state index in [2.05, 4.69) is 11.5 Å². The second kappa shape index (κ2) is 7.69. The van der Waals surface area contributed by atoms with Gasteiger partial charge in [-0.25, -0.2) is 18.5 Å². The highest BCUT2D eigenvalue weighted by Crippen LogP contribution is 2.34. The van der Waals surface area contributed by atoms with Crippen LogP contribution in [0.3, 0.4) is 0 Å². The first-order chi connectivity index (χ1) is 13.9. The van der Waals surface area contributed by atoms with Crippen molar-refractivity contribution in [1.29, 1.82) is 0 Å². The summed E-state index contributed by atoms with van der Waals surface area (Å²) < 4.78 is 31.3. The lowest BCUT2D eigenvalue weighted by atomic mass is 10.1. The third kappa shape index (κ3) is 4.16. The van der Waals surface area contributed by atoms with E-state index < -0.39 is 10.0 Å². The summed E-state index contributed by atoms with van der Waals surface area (Å²) in [4.78, 5) is 4.81. The Morgan fingerprint density at radius 3 is 2.24 bits per heavy atom. The van der Waals surface area contributed by atoms with E-state index in [0.29, 0.717) is 18.1 Å². The maximum atomic E-state index is 11.5. The maximum Gasteiger partial charge on any atom is 0.238 e. The molecule has 0 bridgehead atoms. The lowest BCUT2D eigenvalue weighted by Crippen LogP contribution is -2.11. The summed E-state index contributed by atoms with van der Waals surface area (Å²) in [5.74, 6) is 1.22. The number of primary sulfonamides is 1. The number of nitrogens with two attached hydrogens (primary N) is 1. The van der Waals surface area contributed by atoms with Crippen LogP contribution in [-0.4, -0.2) is 18.0 Å². The number of hydrogen-bond acceptors (Lipinski definition) is 4. The van der Waals surface area contributed by atoms with Gasteiger partial charge in [0.15, 0.2) is 11.7 Å². The van der Waals surface area contributed by atoms with Crippen LogP contribution < -0.4 is 5.14 Å². The molecule has 6 nitrogen and oxygen atoms in total. The molecule has 0 aliphatic carbocycles. The van der Waals surface area contributed by atoms with Crippen LogP contribution in [0, 0.1) is 0 Å². The van der Waals surface area contributed by atoms with E-state index in [-0.39, 0.29) is 10.9 Å². The van der Waals surface area contributed by atoms with Gasteiger partial charge in [0.2, 0.25) is 10.0 Å². The van der Waals surface area contributed by atoms with E-state index in [9.17, 15) is 8.42 Å². The summed E-state index contributed by atoms with van der Waals surface area (Å²) in [7, 11) is -3.75. The Kier molecular flexibility index (Phi) is 5.08. The smallest absolute Gasteiger partial charge is 0.238 e. The quantitative estimate of drug-likeness (QED) is 0.517. The molecule has 0 aliphatic heterocycles. The van der Waals surface area contributed by atoms with E-state index in [1.165, 1.54) is 12.1 Å². The van der Waals surface area contributed by atoms with Gasteiger partial charge in [-0.2, -0.15) is 0 Å². The fourth-order valence-corrected chi connectivity index (χ4v) is 3.75. The standard InChI is InChI=1S/C22H21N3O3S/c1-16(25-13-5-6-14-25)15-20-24-21(17-7-3-2-4-8-17)22(28-20)18-9-11-19(12-10-18)29(23,26)27/h2-14,16H,15H2,1H3,(H2,23,26,27). The van der Waals surface area contributed by atoms with E-state index in [4.69, 9.17) is 14.5 Å². The minimum Gasteiger partial charge on any atom is -0.440 e. The summed E-state index contributed by atoms with van der Waals surface area (Å²) in [6, 6.07) is 20.3. The molecule has 0 saturated heterocycles. The molecule has 2 aromatic carbocycles. The van der Waals surface area contributed by atoms with Gasteiger partial charge in [-0.05, 0) is 43.3 Å². The van der Waals surface area contributed by atoms with Crippen LogP contribution in [0.4, 0.5) is 0 Å². The van der Waals surface area contributed by atoms with E-state index >= 15 is 0 Å². The van der Waals surface area contributed by atoms with Crippen molar-refractivity contribution in [2.24, 2.45) is 5.14 Å². The van der Waals surface area contributed by atoms with Crippen LogP contribution in [0.25, 0.3) is 22.6 Å². The summed E-state index contributed by atoms with van der Waals surface area (Å²) in [6.07, 6.45) is 4.65. The molecule has 4 aromatic rings. The SMILES string of the molecule is CC(Cc1nc(-c2ccccc2)c(-c2ccc(S(N)(=O)=O)cc2)o1)n1cccc1. The molecule has 0 fully saturated rings. The lowest BCUT2D eigenvalue weighted by Gasteiger charge is -2.10. The Morgan fingerprint density at radius 2 is 1.62 bits per heavy atom. The molecule has 1 unspecified atom stereocenters. The summed E-state index contributed by atoms with van der Waals surface area (Å²) in [5.41, 5.74) is 2.40. The highest BCUT2D eigenvalue weighted by atomic mass is 32.2. The van der Waals surface area contributed by atoms with Crippen molar-refractivity contribution in [1.82, 2.24) is 9.55 Å². The molecule has 0 amide bonds. The van der Waals surface area contributed by atoms with Crippen molar-refractivity contribution >= 4 is 10.0 Å². The number of rotatable bonds is 6. The predicted octanol–water partition coefficient (Wildman–Crippen LogP) is 4.26. The Morgan fingerprint density at radius 1 is 0.966 bits per heavy atom. The number of oxazole rings is 1. The second-order valence-corrected chi connectivity index (χ2v) is 8.47. The number of hydrogen-bond donors (Lipinski definition) is 1. The van der Waals surface area contributed by atoms with Crippen molar-refractivity contribution in [3.05, 3.63) is 85.0 Å². The molecule has 29 heavy (non-hydrogen) atoms. The number of benzene rings is 2. The van der Waals surface area contributed by atoms with E-state index in [1.807, 2.05) is 54.9 Å². The van der Waals surface area contributed by atoms with Gasteiger partial charge in [0.1, 0.15) is 5.69 Å². The third-order valence-corrected chi connectivity index (χ3v) is 5.70. The zero-order chi connectivity index (χ0) is 20.4. The average Bonchev–Trinajstić information content (AvgIpc) is 3.38. The molecule has 2 heterocycles. The molecule has 7 heteroatoms. The molecule has 1 atom stereocenters. The molecular weight excluding hydrogens is 386 g/mol.